The quantitative estimate of drug-likeness (QED) is 0.676. The lowest BCUT2D eigenvalue weighted by Gasteiger charge is -2.12. The van der Waals surface area contributed by atoms with Crippen molar-refractivity contribution in [3.8, 4) is 17.2 Å². The number of ether oxygens (including phenoxy) is 3. The van der Waals surface area contributed by atoms with Crippen molar-refractivity contribution in [3.05, 3.63) is 47.5 Å². The number of nitrogens with two attached hydrogens (primary N) is 1. The molecule has 2 N–H and O–H groups in total. The standard InChI is InChI=1S/C16H17NO4/c1-19-13-8-7-10(9-14(13)20-2)15(18)11-5-4-6-12(17)16(11)21-3/h4-9H,17H2,1-3H3. The first-order chi connectivity index (χ1) is 10.1. The summed E-state index contributed by atoms with van der Waals surface area (Å²) in [6.45, 7) is 0. The summed E-state index contributed by atoms with van der Waals surface area (Å²) >= 11 is 0. The first-order valence-electron chi connectivity index (χ1n) is 6.31. The SMILES string of the molecule is COc1ccc(C(=O)c2cccc(N)c2OC)cc1OC. The number of rotatable bonds is 5. The predicted molar refractivity (Wildman–Crippen MR) is 80.4 cm³/mol. The van der Waals surface area contributed by atoms with Gasteiger partial charge in [-0.1, -0.05) is 6.07 Å². The van der Waals surface area contributed by atoms with Crippen LogP contribution in [0.25, 0.3) is 0 Å². The first-order valence-corrected chi connectivity index (χ1v) is 6.31. The van der Waals surface area contributed by atoms with Crippen LogP contribution in [0.4, 0.5) is 5.69 Å². The fraction of sp³-hybridized carbons (Fsp3) is 0.188. The number of nitrogen functional groups attached to an aromatic ring is 1. The van der Waals surface area contributed by atoms with Gasteiger partial charge in [-0.3, -0.25) is 4.79 Å². The lowest BCUT2D eigenvalue weighted by atomic mass is 10.0. The molecule has 0 radical (unpaired) electrons. The summed E-state index contributed by atoms with van der Waals surface area (Å²) in [6, 6.07) is 10.1. The topological polar surface area (TPSA) is 70.8 Å². The summed E-state index contributed by atoms with van der Waals surface area (Å²) in [5.74, 6) is 1.23. The van der Waals surface area contributed by atoms with E-state index < -0.39 is 0 Å². The van der Waals surface area contributed by atoms with Gasteiger partial charge in [0.15, 0.2) is 23.0 Å². The van der Waals surface area contributed by atoms with Gasteiger partial charge >= 0.3 is 0 Å². The number of para-hydroxylation sites is 1. The molecule has 0 atom stereocenters. The minimum atomic E-state index is -0.194. The molecule has 110 valence electrons. The third-order valence-corrected chi connectivity index (χ3v) is 3.14. The molecule has 0 heterocycles. The van der Waals surface area contributed by atoms with Crippen LogP contribution in [0, 0.1) is 0 Å². The van der Waals surface area contributed by atoms with Crippen LogP contribution < -0.4 is 19.9 Å². The molecule has 0 saturated heterocycles. The average Bonchev–Trinajstić information content (AvgIpc) is 2.53. The second-order valence-corrected chi connectivity index (χ2v) is 4.33. The number of hydrogen-bond acceptors (Lipinski definition) is 5. The zero-order chi connectivity index (χ0) is 15.4. The normalized spacial score (nSPS) is 10.0. The molecule has 0 aliphatic rings. The van der Waals surface area contributed by atoms with Crippen molar-refractivity contribution in [3.63, 3.8) is 0 Å². The highest BCUT2D eigenvalue weighted by molar-refractivity contribution is 6.11. The Morgan fingerprint density at radius 3 is 2.29 bits per heavy atom. The molecule has 0 amide bonds. The van der Waals surface area contributed by atoms with Crippen LogP contribution in [0.15, 0.2) is 36.4 Å². The molecular weight excluding hydrogens is 270 g/mol. The summed E-state index contributed by atoms with van der Waals surface area (Å²) < 4.78 is 15.6. The minimum absolute atomic E-state index is 0.194. The van der Waals surface area contributed by atoms with Gasteiger partial charge in [0.2, 0.25) is 0 Å². The van der Waals surface area contributed by atoms with Crippen LogP contribution in [-0.4, -0.2) is 27.1 Å². The third kappa shape index (κ3) is 2.76. The van der Waals surface area contributed by atoms with Crippen molar-refractivity contribution >= 4 is 11.5 Å². The molecule has 5 nitrogen and oxygen atoms in total. The number of carbonyl (C=O) groups is 1. The number of benzene rings is 2. The van der Waals surface area contributed by atoms with Gasteiger partial charge in [-0.25, -0.2) is 0 Å². The highest BCUT2D eigenvalue weighted by Crippen LogP contribution is 2.31. The van der Waals surface area contributed by atoms with E-state index >= 15 is 0 Å². The molecule has 0 unspecified atom stereocenters. The molecule has 0 spiro atoms. The summed E-state index contributed by atoms with van der Waals surface area (Å²) in [5, 5.41) is 0. The maximum absolute atomic E-state index is 12.6. The number of ketones is 1. The summed E-state index contributed by atoms with van der Waals surface area (Å²) in [6.07, 6.45) is 0. The number of hydrogen-bond donors (Lipinski definition) is 1. The average molecular weight is 287 g/mol. The first kappa shape index (κ1) is 14.7. The van der Waals surface area contributed by atoms with Crippen LogP contribution in [0.1, 0.15) is 15.9 Å². The maximum Gasteiger partial charge on any atom is 0.196 e. The lowest BCUT2D eigenvalue weighted by Crippen LogP contribution is -2.06. The Morgan fingerprint density at radius 2 is 1.67 bits per heavy atom. The molecule has 0 aromatic heterocycles. The van der Waals surface area contributed by atoms with Gasteiger partial charge in [0.25, 0.3) is 0 Å². The Labute approximate surface area is 123 Å². The zero-order valence-electron chi connectivity index (χ0n) is 12.2. The number of methoxy groups -OCH3 is 3. The molecule has 2 aromatic rings. The molecule has 2 rings (SSSR count). The van der Waals surface area contributed by atoms with Crippen LogP contribution in [0.3, 0.4) is 0 Å². The van der Waals surface area contributed by atoms with Crippen LogP contribution in [0.5, 0.6) is 17.2 Å². The largest absolute Gasteiger partial charge is 0.494 e. The van der Waals surface area contributed by atoms with Gasteiger partial charge in [-0.05, 0) is 30.3 Å². The highest BCUT2D eigenvalue weighted by Gasteiger charge is 2.18. The van der Waals surface area contributed by atoms with Crippen molar-refractivity contribution in [2.45, 2.75) is 0 Å². The second-order valence-electron chi connectivity index (χ2n) is 4.33. The van der Waals surface area contributed by atoms with Crippen LogP contribution in [-0.2, 0) is 0 Å². The zero-order valence-corrected chi connectivity index (χ0v) is 12.2. The van der Waals surface area contributed by atoms with Gasteiger partial charge in [-0.15, -0.1) is 0 Å². The molecule has 5 heteroatoms. The van der Waals surface area contributed by atoms with Crippen molar-refractivity contribution in [2.24, 2.45) is 0 Å². The molecule has 21 heavy (non-hydrogen) atoms. The van der Waals surface area contributed by atoms with Crippen LogP contribution in [0.2, 0.25) is 0 Å². The van der Waals surface area contributed by atoms with Crippen molar-refractivity contribution in [1.82, 2.24) is 0 Å². The van der Waals surface area contributed by atoms with Gasteiger partial charge in [-0.2, -0.15) is 0 Å². The van der Waals surface area contributed by atoms with Gasteiger partial charge < -0.3 is 19.9 Å². The van der Waals surface area contributed by atoms with E-state index in [0.717, 1.165) is 0 Å². The summed E-state index contributed by atoms with van der Waals surface area (Å²) in [7, 11) is 4.55. The molecule has 0 aliphatic carbocycles. The maximum atomic E-state index is 12.6. The van der Waals surface area contributed by atoms with Gasteiger partial charge in [0.05, 0.1) is 32.6 Å². The van der Waals surface area contributed by atoms with Gasteiger partial charge in [0.1, 0.15) is 0 Å². The van der Waals surface area contributed by atoms with E-state index in [1.165, 1.54) is 14.2 Å². The highest BCUT2D eigenvalue weighted by atomic mass is 16.5. The second kappa shape index (κ2) is 6.17. The Morgan fingerprint density at radius 1 is 0.952 bits per heavy atom. The number of anilines is 1. The van der Waals surface area contributed by atoms with E-state index in [-0.39, 0.29) is 5.78 Å². The van der Waals surface area contributed by atoms with Crippen molar-refractivity contribution in [2.75, 3.05) is 27.1 Å². The van der Waals surface area contributed by atoms with Crippen LogP contribution >= 0.6 is 0 Å². The minimum Gasteiger partial charge on any atom is -0.494 e. The third-order valence-electron chi connectivity index (χ3n) is 3.14. The molecule has 2 aromatic carbocycles. The van der Waals surface area contributed by atoms with E-state index in [1.807, 2.05) is 0 Å². The van der Waals surface area contributed by atoms with Crippen molar-refractivity contribution < 1.29 is 19.0 Å². The van der Waals surface area contributed by atoms with E-state index in [4.69, 9.17) is 19.9 Å². The van der Waals surface area contributed by atoms with Gasteiger partial charge in [0, 0.05) is 5.56 Å². The Kier molecular flexibility index (Phi) is 4.33. The Hall–Kier alpha value is -2.69. The Bertz CT molecular complexity index is 667. The molecular formula is C16H17NO4. The molecule has 0 bridgehead atoms. The van der Waals surface area contributed by atoms with Crippen molar-refractivity contribution in [1.29, 1.82) is 0 Å². The summed E-state index contributed by atoms with van der Waals surface area (Å²) in [5.41, 5.74) is 7.12. The molecule has 0 saturated carbocycles. The lowest BCUT2D eigenvalue weighted by molar-refractivity contribution is 0.103. The molecule has 0 aliphatic heterocycles. The van der Waals surface area contributed by atoms with E-state index in [1.54, 1.807) is 43.5 Å². The van der Waals surface area contributed by atoms with E-state index in [2.05, 4.69) is 0 Å². The Balaban J connectivity index is 2.48. The van der Waals surface area contributed by atoms with E-state index in [0.29, 0.717) is 34.1 Å². The summed E-state index contributed by atoms with van der Waals surface area (Å²) in [4.78, 5) is 12.6. The monoisotopic (exact) mass is 287 g/mol. The fourth-order valence-corrected chi connectivity index (χ4v) is 2.09. The fourth-order valence-electron chi connectivity index (χ4n) is 2.09. The smallest absolute Gasteiger partial charge is 0.196 e. The predicted octanol–water partition coefficient (Wildman–Crippen LogP) is 2.53. The van der Waals surface area contributed by atoms with E-state index in [9.17, 15) is 4.79 Å². The molecule has 0 fully saturated rings. The number of carbonyl (C=O) groups excluding carboxylic acids is 1.